The van der Waals surface area contributed by atoms with Crippen LogP contribution < -0.4 is 9.47 Å². The molecule has 1 heterocycles. The second-order valence-electron chi connectivity index (χ2n) is 6.56. The smallest absolute Gasteiger partial charge is 0.204 e. The number of aryl methyl sites for hydroxylation is 1. The van der Waals surface area contributed by atoms with Crippen LogP contribution in [0.25, 0.3) is 12.2 Å². The van der Waals surface area contributed by atoms with Gasteiger partial charge in [0.15, 0.2) is 6.20 Å². The van der Waals surface area contributed by atoms with Crippen LogP contribution in [-0.4, -0.2) is 18.6 Å². The Morgan fingerprint density at radius 2 is 1.63 bits per heavy atom. The summed E-state index contributed by atoms with van der Waals surface area (Å²) in [4.78, 5) is 2.45. The van der Waals surface area contributed by atoms with Crippen LogP contribution in [0.4, 0.5) is 5.69 Å². The molecule has 0 radical (unpaired) electrons. The molecular weight excluding hydrogens is 348 g/mol. The fourth-order valence-corrected chi connectivity index (χ4v) is 3.40. The zero-order valence-electron chi connectivity index (χ0n) is 16.1. The fourth-order valence-electron chi connectivity index (χ4n) is 2.99. The van der Waals surface area contributed by atoms with E-state index in [1.807, 2.05) is 17.8 Å². The number of thioether (sulfide) groups is 1. The van der Waals surface area contributed by atoms with Gasteiger partial charge in [-0.1, -0.05) is 42.5 Å². The van der Waals surface area contributed by atoms with E-state index in [0.717, 1.165) is 18.8 Å². The van der Waals surface area contributed by atoms with Crippen molar-refractivity contribution in [1.29, 1.82) is 0 Å². The Hall–Kier alpha value is -2.52. The number of anilines is 1. The fraction of sp³-hybridized carbons (Fsp3) is 0.208. The topological polar surface area (TPSA) is 7.12 Å². The van der Waals surface area contributed by atoms with E-state index in [0.29, 0.717) is 0 Å². The summed E-state index contributed by atoms with van der Waals surface area (Å²) < 4.78 is 2.12. The molecule has 3 heteroatoms. The van der Waals surface area contributed by atoms with E-state index >= 15 is 0 Å². The summed E-state index contributed by atoms with van der Waals surface area (Å²) in [6.07, 6.45) is 8.56. The van der Waals surface area contributed by atoms with Crippen molar-refractivity contribution in [2.45, 2.75) is 6.54 Å². The summed E-state index contributed by atoms with van der Waals surface area (Å²) in [5, 5.41) is 0. The van der Waals surface area contributed by atoms with Crippen molar-refractivity contribution in [3.05, 3.63) is 95.8 Å². The van der Waals surface area contributed by atoms with Gasteiger partial charge in [-0.05, 0) is 41.7 Å². The highest BCUT2D eigenvalue weighted by molar-refractivity contribution is 7.98. The minimum Gasteiger partial charge on any atom is -0.366 e. The van der Waals surface area contributed by atoms with Crippen LogP contribution in [0, 0.1) is 0 Å². The molecule has 2 nitrogen and oxygen atoms in total. The number of hydrogen-bond acceptors (Lipinski definition) is 2. The Morgan fingerprint density at radius 1 is 0.889 bits per heavy atom. The zero-order chi connectivity index (χ0) is 18.9. The molecule has 0 aliphatic carbocycles. The first-order chi connectivity index (χ1) is 13.3. The summed E-state index contributed by atoms with van der Waals surface area (Å²) >= 11 is 1.89. The van der Waals surface area contributed by atoms with Gasteiger partial charge in [-0.15, -0.1) is 0 Å². The van der Waals surface area contributed by atoms with Gasteiger partial charge in [-0.25, -0.2) is 4.57 Å². The van der Waals surface area contributed by atoms with Crippen LogP contribution in [0.2, 0.25) is 0 Å². The van der Waals surface area contributed by atoms with E-state index < -0.39 is 0 Å². The molecule has 0 atom stereocenters. The minimum absolute atomic E-state index is 0.941. The highest BCUT2D eigenvalue weighted by Gasteiger charge is 2.07. The third-order valence-electron chi connectivity index (χ3n) is 4.58. The van der Waals surface area contributed by atoms with Crippen LogP contribution in [0.3, 0.4) is 0 Å². The van der Waals surface area contributed by atoms with Gasteiger partial charge >= 0.3 is 0 Å². The molecule has 3 aromatic rings. The maximum atomic E-state index is 2.45. The molecule has 2 aromatic carbocycles. The molecule has 0 saturated carbocycles. The molecule has 0 saturated heterocycles. The zero-order valence-corrected chi connectivity index (χ0v) is 16.9. The highest BCUT2D eigenvalue weighted by atomic mass is 32.2. The maximum absolute atomic E-state index is 2.45. The standard InChI is InChI=1S/C24H27N2S/c1-25-17-7-6-10-23(25)14-11-21-12-15-24(16-13-21)26(18-19-27-2)20-22-8-4-3-5-9-22/h3-17H,18-20H2,1-2H3/q+1. The summed E-state index contributed by atoms with van der Waals surface area (Å²) in [7, 11) is 2.07. The average Bonchev–Trinajstić information content (AvgIpc) is 2.72. The lowest BCUT2D eigenvalue weighted by atomic mass is 10.1. The van der Waals surface area contributed by atoms with Gasteiger partial charge in [0.2, 0.25) is 5.69 Å². The normalized spacial score (nSPS) is 11.0. The number of nitrogens with zero attached hydrogens (tertiary/aromatic N) is 2. The number of rotatable bonds is 8. The third kappa shape index (κ3) is 5.73. The first-order valence-corrected chi connectivity index (χ1v) is 10.7. The van der Waals surface area contributed by atoms with Crippen LogP contribution in [0.15, 0.2) is 79.0 Å². The van der Waals surface area contributed by atoms with Gasteiger partial charge in [-0.2, -0.15) is 11.8 Å². The van der Waals surface area contributed by atoms with Crippen molar-refractivity contribution in [2.75, 3.05) is 23.5 Å². The van der Waals surface area contributed by atoms with E-state index in [1.54, 1.807) is 0 Å². The Morgan fingerprint density at radius 3 is 2.33 bits per heavy atom. The van der Waals surface area contributed by atoms with Gasteiger partial charge in [0.05, 0.1) is 0 Å². The second kappa shape index (κ2) is 9.98. The Kier molecular flexibility index (Phi) is 7.11. The maximum Gasteiger partial charge on any atom is 0.204 e. The van der Waals surface area contributed by atoms with E-state index in [-0.39, 0.29) is 0 Å². The van der Waals surface area contributed by atoms with E-state index in [2.05, 4.69) is 108 Å². The predicted molar refractivity (Wildman–Crippen MR) is 119 cm³/mol. The van der Waals surface area contributed by atoms with Crippen molar-refractivity contribution < 1.29 is 4.57 Å². The van der Waals surface area contributed by atoms with E-state index in [1.165, 1.54) is 22.5 Å². The first-order valence-electron chi connectivity index (χ1n) is 9.27. The molecule has 27 heavy (non-hydrogen) atoms. The van der Waals surface area contributed by atoms with Gasteiger partial charge in [0, 0.05) is 42.7 Å². The highest BCUT2D eigenvalue weighted by Crippen LogP contribution is 2.19. The average molecular weight is 376 g/mol. The predicted octanol–water partition coefficient (Wildman–Crippen LogP) is 5.05. The molecule has 0 N–H and O–H groups in total. The molecule has 3 rings (SSSR count). The number of aromatic nitrogens is 1. The molecular formula is C24H27N2S+. The van der Waals surface area contributed by atoms with Crippen molar-refractivity contribution in [3.63, 3.8) is 0 Å². The second-order valence-corrected chi connectivity index (χ2v) is 7.55. The van der Waals surface area contributed by atoms with Crippen molar-refractivity contribution >= 4 is 29.6 Å². The quantitative estimate of drug-likeness (QED) is 0.509. The van der Waals surface area contributed by atoms with Crippen LogP contribution in [0.5, 0.6) is 0 Å². The summed E-state index contributed by atoms with van der Waals surface area (Å²) in [6.45, 7) is 1.99. The molecule has 0 spiro atoms. The van der Waals surface area contributed by atoms with E-state index in [4.69, 9.17) is 0 Å². The molecule has 0 aliphatic rings. The third-order valence-corrected chi connectivity index (χ3v) is 5.17. The van der Waals surface area contributed by atoms with Crippen molar-refractivity contribution in [1.82, 2.24) is 0 Å². The van der Waals surface area contributed by atoms with Crippen LogP contribution in [-0.2, 0) is 13.6 Å². The molecule has 1 aromatic heterocycles. The summed E-state index contributed by atoms with van der Waals surface area (Å²) in [5.74, 6) is 1.12. The number of hydrogen-bond donors (Lipinski definition) is 0. The lowest BCUT2D eigenvalue weighted by Gasteiger charge is -2.25. The Labute approximate surface area is 167 Å². The lowest BCUT2D eigenvalue weighted by Crippen LogP contribution is -2.30. The van der Waals surface area contributed by atoms with Gasteiger partial charge in [-0.3, -0.25) is 0 Å². The van der Waals surface area contributed by atoms with Crippen LogP contribution >= 0.6 is 11.8 Å². The van der Waals surface area contributed by atoms with E-state index in [9.17, 15) is 0 Å². The van der Waals surface area contributed by atoms with Gasteiger partial charge < -0.3 is 4.90 Å². The van der Waals surface area contributed by atoms with Crippen molar-refractivity contribution in [2.24, 2.45) is 7.05 Å². The summed E-state index contributed by atoms with van der Waals surface area (Å²) in [5.41, 5.74) is 5.02. The monoisotopic (exact) mass is 375 g/mol. The lowest BCUT2D eigenvalue weighted by molar-refractivity contribution is -0.673. The molecule has 0 amide bonds. The molecule has 0 unspecified atom stereocenters. The molecule has 0 aliphatic heterocycles. The molecule has 138 valence electrons. The van der Waals surface area contributed by atoms with Gasteiger partial charge in [0.25, 0.3) is 0 Å². The number of benzene rings is 2. The molecule has 0 fully saturated rings. The Bertz CT molecular complexity index is 857. The number of pyridine rings is 1. The minimum atomic E-state index is 0.941. The van der Waals surface area contributed by atoms with Crippen LogP contribution in [0.1, 0.15) is 16.8 Å². The largest absolute Gasteiger partial charge is 0.366 e. The van der Waals surface area contributed by atoms with Crippen molar-refractivity contribution in [3.8, 4) is 0 Å². The first kappa shape index (κ1) is 19.2. The SMILES string of the molecule is CSCCN(Cc1ccccc1)c1ccc(C=Cc2cccc[n+]2C)cc1. The Balaban J connectivity index is 1.73. The molecule has 0 bridgehead atoms. The summed E-state index contributed by atoms with van der Waals surface area (Å²) in [6, 6.07) is 25.8. The van der Waals surface area contributed by atoms with Gasteiger partial charge in [0.1, 0.15) is 7.05 Å².